The molecule has 0 bridgehead atoms. The number of esters is 1. The average molecular weight is 401 g/mol. The Bertz CT molecular complexity index is 914. The first-order chi connectivity index (χ1) is 13.8. The van der Waals surface area contributed by atoms with E-state index in [1.807, 2.05) is 12.1 Å². The Morgan fingerprint density at radius 1 is 1.07 bits per heavy atom. The highest BCUT2D eigenvalue weighted by atomic mass is 16.5. The van der Waals surface area contributed by atoms with Crippen LogP contribution in [0, 0.1) is 0 Å². The molecule has 7 nitrogen and oxygen atoms in total. The van der Waals surface area contributed by atoms with E-state index in [0.717, 1.165) is 11.1 Å². The molecule has 2 heterocycles. The zero-order chi connectivity index (χ0) is 21.2. The SMILES string of the molecule is COC(=O)c1ccc(N2CCC(C)(C)c3cc(OC)c(OC)cc3CCC2=O)o1. The van der Waals surface area contributed by atoms with E-state index in [2.05, 4.69) is 18.6 Å². The summed E-state index contributed by atoms with van der Waals surface area (Å²) in [6.45, 7) is 4.76. The Morgan fingerprint density at radius 3 is 2.41 bits per heavy atom. The molecule has 0 radical (unpaired) electrons. The van der Waals surface area contributed by atoms with Gasteiger partial charge in [0, 0.05) is 19.0 Å². The van der Waals surface area contributed by atoms with Crippen LogP contribution in [-0.2, 0) is 21.4 Å². The number of methoxy groups -OCH3 is 3. The molecular weight excluding hydrogens is 374 g/mol. The number of rotatable bonds is 4. The zero-order valence-electron chi connectivity index (χ0n) is 17.5. The van der Waals surface area contributed by atoms with Gasteiger partial charge in [0.1, 0.15) is 0 Å². The van der Waals surface area contributed by atoms with Crippen molar-refractivity contribution in [2.75, 3.05) is 32.8 Å². The van der Waals surface area contributed by atoms with Crippen molar-refractivity contribution in [1.82, 2.24) is 0 Å². The summed E-state index contributed by atoms with van der Waals surface area (Å²) in [6, 6.07) is 7.13. The summed E-state index contributed by atoms with van der Waals surface area (Å²) in [5.41, 5.74) is 1.99. The van der Waals surface area contributed by atoms with Crippen LogP contribution in [0.4, 0.5) is 5.88 Å². The van der Waals surface area contributed by atoms with Crippen molar-refractivity contribution in [2.45, 2.75) is 38.5 Å². The van der Waals surface area contributed by atoms with E-state index >= 15 is 0 Å². The predicted octanol–water partition coefficient (Wildman–Crippen LogP) is 3.73. The van der Waals surface area contributed by atoms with Crippen molar-refractivity contribution >= 4 is 17.8 Å². The topological polar surface area (TPSA) is 78.2 Å². The number of anilines is 1. The molecule has 7 heteroatoms. The molecule has 0 aliphatic carbocycles. The van der Waals surface area contributed by atoms with Gasteiger partial charge in [-0.05, 0) is 47.6 Å². The zero-order valence-corrected chi connectivity index (χ0v) is 17.5. The van der Waals surface area contributed by atoms with Gasteiger partial charge in [-0.25, -0.2) is 4.79 Å². The summed E-state index contributed by atoms with van der Waals surface area (Å²) >= 11 is 0. The van der Waals surface area contributed by atoms with E-state index in [1.165, 1.54) is 13.2 Å². The molecule has 0 spiro atoms. The second-order valence-corrected chi connectivity index (χ2v) is 7.67. The van der Waals surface area contributed by atoms with Gasteiger partial charge < -0.3 is 18.6 Å². The van der Waals surface area contributed by atoms with Crippen LogP contribution in [0.25, 0.3) is 0 Å². The van der Waals surface area contributed by atoms with Crippen LogP contribution in [0.15, 0.2) is 28.7 Å². The van der Waals surface area contributed by atoms with Crippen molar-refractivity contribution in [3.8, 4) is 11.5 Å². The van der Waals surface area contributed by atoms with Gasteiger partial charge in [-0.2, -0.15) is 0 Å². The number of fused-ring (bicyclic) bond motifs is 1. The van der Waals surface area contributed by atoms with E-state index in [-0.39, 0.29) is 17.1 Å². The van der Waals surface area contributed by atoms with Crippen LogP contribution < -0.4 is 14.4 Å². The number of aryl methyl sites for hydroxylation is 1. The lowest BCUT2D eigenvalue weighted by Gasteiger charge is -2.29. The minimum Gasteiger partial charge on any atom is -0.493 e. The van der Waals surface area contributed by atoms with Crippen molar-refractivity contribution < 1.29 is 28.2 Å². The molecule has 0 N–H and O–H groups in total. The number of hydrogen-bond acceptors (Lipinski definition) is 6. The number of ether oxygens (including phenoxy) is 3. The quantitative estimate of drug-likeness (QED) is 0.727. The maximum Gasteiger partial charge on any atom is 0.374 e. The predicted molar refractivity (Wildman–Crippen MR) is 108 cm³/mol. The lowest BCUT2D eigenvalue weighted by atomic mass is 9.78. The molecule has 29 heavy (non-hydrogen) atoms. The Labute approximate surface area is 170 Å². The van der Waals surface area contributed by atoms with Crippen LogP contribution >= 0.6 is 0 Å². The van der Waals surface area contributed by atoms with Gasteiger partial charge in [0.25, 0.3) is 0 Å². The smallest absolute Gasteiger partial charge is 0.374 e. The van der Waals surface area contributed by atoms with Crippen LogP contribution in [0.1, 0.15) is 48.4 Å². The molecule has 1 amide bonds. The first-order valence-electron chi connectivity index (χ1n) is 9.54. The third-order valence-electron chi connectivity index (χ3n) is 5.45. The lowest BCUT2D eigenvalue weighted by molar-refractivity contribution is -0.118. The molecule has 2 aromatic rings. The maximum absolute atomic E-state index is 13.0. The van der Waals surface area contributed by atoms with E-state index in [4.69, 9.17) is 13.9 Å². The van der Waals surface area contributed by atoms with E-state index in [1.54, 1.807) is 25.2 Å². The second-order valence-electron chi connectivity index (χ2n) is 7.67. The Balaban J connectivity index is 1.96. The Morgan fingerprint density at radius 2 is 1.76 bits per heavy atom. The van der Waals surface area contributed by atoms with Gasteiger partial charge in [0.2, 0.25) is 17.6 Å². The number of nitrogens with zero attached hydrogens (tertiary/aromatic N) is 1. The summed E-state index contributed by atoms with van der Waals surface area (Å²) in [7, 11) is 4.51. The molecule has 0 unspecified atom stereocenters. The minimum absolute atomic E-state index is 0.0609. The number of furan rings is 1. The van der Waals surface area contributed by atoms with Crippen molar-refractivity contribution in [2.24, 2.45) is 0 Å². The molecule has 1 aliphatic heterocycles. The third-order valence-corrected chi connectivity index (χ3v) is 5.45. The van der Waals surface area contributed by atoms with Crippen LogP contribution in [0.3, 0.4) is 0 Å². The van der Waals surface area contributed by atoms with Crippen molar-refractivity contribution in [3.63, 3.8) is 0 Å². The van der Waals surface area contributed by atoms with E-state index in [0.29, 0.717) is 43.2 Å². The maximum atomic E-state index is 13.0. The first kappa shape index (κ1) is 20.8. The molecule has 0 fully saturated rings. The second kappa shape index (κ2) is 8.19. The van der Waals surface area contributed by atoms with Crippen LogP contribution in [-0.4, -0.2) is 39.8 Å². The molecule has 156 valence electrons. The first-order valence-corrected chi connectivity index (χ1v) is 9.54. The van der Waals surface area contributed by atoms with Gasteiger partial charge in [-0.3, -0.25) is 9.69 Å². The summed E-state index contributed by atoms with van der Waals surface area (Å²) in [5.74, 6) is 1.13. The van der Waals surface area contributed by atoms with Crippen LogP contribution in [0.2, 0.25) is 0 Å². The molecule has 0 saturated heterocycles. The Hall–Kier alpha value is -2.96. The third kappa shape index (κ3) is 4.09. The summed E-state index contributed by atoms with van der Waals surface area (Å²) in [6.07, 6.45) is 1.58. The number of benzene rings is 1. The summed E-state index contributed by atoms with van der Waals surface area (Å²) in [4.78, 5) is 26.3. The highest BCUT2D eigenvalue weighted by Crippen LogP contribution is 2.39. The standard InChI is InChI=1S/C22H27NO6/c1-22(2)10-11-23(20-9-7-16(29-20)21(25)28-5)19(24)8-6-14-12-17(26-3)18(27-4)13-15(14)22/h7,9,12-13H,6,8,10-11H2,1-5H3. The number of carbonyl (C=O) groups is 2. The number of hydrogen-bond donors (Lipinski definition) is 0. The van der Waals surface area contributed by atoms with Gasteiger partial charge in [0.15, 0.2) is 11.5 Å². The normalized spacial score (nSPS) is 16.3. The Kier molecular flexibility index (Phi) is 5.86. The van der Waals surface area contributed by atoms with Crippen molar-refractivity contribution in [1.29, 1.82) is 0 Å². The van der Waals surface area contributed by atoms with Gasteiger partial charge in [-0.15, -0.1) is 0 Å². The van der Waals surface area contributed by atoms with Crippen LogP contribution in [0.5, 0.6) is 11.5 Å². The lowest BCUT2D eigenvalue weighted by Crippen LogP contribution is -2.34. The number of amides is 1. The number of carbonyl (C=O) groups excluding carboxylic acids is 2. The highest BCUT2D eigenvalue weighted by Gasteiger charge is 2.31. The highest BCUT2D eigenvalue weighted by molar-refractivity contribution is 5.93. The average Bonchev–Trinajstić information content (AvgIpc) is 3.21. The van der Waals surface area contributed by atoms with Crippen molar-refractivity contribution in [3.05, 3.63) is 41.2 Å². The molecular formula is C22H27NO6. The summed E-state index contributed by atoms with van der Waals surface area (Å²) < 4.78 is 21.2. The monoisotopic (exact) mass is 401 g/mol. The molecule has 1 aromatic carbocycles. The summed E-state index contributed by atoms with van der Waals surface area (Å²) in [5, 5.41) is 0. The fraction of sp³-hybridized carbons (Fsp3) is 0.455. The van der Waals surface area contributed by atoms with Gasteiger partial charge in [0.05, 0.1) is 21.3 Å². The molecule has 0 atom stereocenters. The van der Waals surface area contributed by atoms with Gasteiger partial charge >= 0.3 is 5.97 Å². The van der Waals surface area contributed by atoms with E-state index < -0.39 is 5.97 Å². The van der Waals surface area contributed by atoms with E-state index in [9.17, 15) is 9.59 Å². The largest absolute Gasteiger partial charge is 0.493 e. The van der Waals surface area contributed by atoms with Gasteiger partial charge in [-0.1, -0.05) is 13.8 Å². The molecule has 1 aliphatic rings. The molecule has 0 saturated carbocycles. The minimum atomic E-state index is -0.570. The molecule has 3 rings (SSSR count). The fourth-order valence-electron chi connectivity index (χ4n) is 3.70. The molecule has 1 aromatic heterocycles. The fourth-order valence-corrected chi connectivity index (χ4v) is 3.70.